The molecule has 0 spiro atoms. The van der Waals surface area contributed by atoms with Crippen LogP contribution in [0.1, 0.15) is 12.0 Å². The summed E-state index contributed by atoms with van der Waals surface area (Å²) in [5.74, 6) is 0.460. The lowest BCUT2D eigenvalue weighted by atomic mass is 10.4. The first-order valence-corrected chi connectivity index (χ1v) is 4.43. The van der Waals surface area contributed by atoms with Crippen molar-refractivity contribution in [2.75, 3.05) is 5.88 Å². The van der Waals surface area contributed by atoms with E-state index in [9.17, 15) is 10.1 Å². The molecule has 0 radical (unpaired) electrons. The van der Waals surface area contributed by atoms with E-state index in [1.54, 1.807) is 17.8 Å². The van der Waals surface area contributed by atoms with Crippen LogP contribution in [0.15, 0.2) is 6.20 Å². The van der Waals surface area contributed by atoms with E-state index in [-0.39, 0.29) is 5.82 Å². The summed E-state index contributed by atoms with van der Waals surface area (Å²) in [4.78, 5) is 9.93. The van der Waals surface area contributed by atoms with E-state index < -0.39 is 4.92 Å². The molecule has 72 valence electrons. The third-order valence-electron chi connectivity index (χ3n) is 1.61. The summed E-state index contributed by atoms with van der Waals surface area (Å²) in [6.45, 7) is 2.29. The molecule has 0 aromatic carbocycles. The second-order valence-electron chi connectivity index (χ2n) is 2.70. The van der Waals surface area contributed by atoms with Crippen LogP contribution in [0.5, 0.6) is 0 Å². The van der Waals surface area contributed by atoms with E-state index in [4.69, 9.17) is 11.6 Å². The molecule has 0 amide bonds. The summed E-state index contributed by atoms with van der Waals surface area (Å²) < 4.78 is 1.55. The highest BCUT2D eigenvalue weighted by Crippen LogP contribution is 2.13. The van der Waals surface area contributed by atoms with Crippen molar-refractivity contribution in [3.8, 4) is 0 Å². The fourth-order valence-corrected chi connectivity index (χ4v) is 1.15. The summed E-state index contributed by atoms with van der Waals surface area (Å²) in [6.07, 6.45) is 2.42. The largest absolute Gasteiger partial charge is 0.392 e. The van der Waals surface area contributed by atoms with Crippen molar-refractivity contribution in [3.63, 3.8) is 0 Å². The van der Waals surface area contributed by atoms with Crippen LogP contribution in [0.3, 0.4) is 0 Å². The average Bonchev–Trinajstić information content (AvgIpc) is 2.43. The molecule has 1 aromatic rings. The number of hydrogen-bond acceptors (Lipinski definition) is 3. The number of hydrogen-bond donors (Lipinski definition) is 0. The standard InChI is InChI=1S/C7H10ClN3O2/c1-6-5-10(4-2-3-8)9-7(6)11(12)13/h5H,2-4H2,1H3. The molecule has 6 heteroatoms. The van der Waals surface area contributed by atoms with E-state index in [0.29, 0.717) is 18.0 Å². The second kappa shape index (κ2) is 4.23. The smallest absolute Gasteiger partial charge is 0.358 e. The van der Waals surface area contributed by atoms with Gasteiger partial charge in [-0.15, -0.1) is 11.6 Å². The Balaban J connectivity index is 2.76. The van der Waals surface area contributed by atoms with Crippen molar-refractivity contribution in [2.24, 2.45) is 0 Å². The van der Waals surface area contributed by atoms with Crippen molar-refractivity contribution >= 4 is 17.4 Å². The van der Waals surface area contributed by atoms with Gasteiger partial charge in [0.25, 0.3) is 0 Å². The Morgan fingerprint density at radius 3 is 2.92 bits per heavy atom. The van der Waals surface area contributed by atoms with Crippen LogP contribution < -0.4 is 0 Å². The number of nitro groups is 1. The van der Waals surface area contributed by atoms with Crippen molar-refractivity contribution in [2.45, 2.75) is 19.9 Å². The van der Waals surface area contributed by atoms with Gasteiger partial charge in [0.15, 0.2) is 0 Å². The highest BCUT2D eigenvalue weighted by atomic mass is 35.5. The van der Waals surface area contributed by atoms with Crippen LogP contribution in [0.2, 0.25) is 0 Å². The summed E-state index contributed by atoms with van der Waals surface area (Å²) in [5.41, 5.74) is 0.583. The van der Waals surface area contributed by atoms with E-state index in [2.05, 4.69) is 5.10 Å². The molecule has 0 unspecified atom stereocenters. The van der Waals surface area contributed by atoms with Crippen molar-refractivity contribution < 1.29 is 4.92 Å². The molecular formula is C7H10ClN3O2. The molecule has 13 heavy (non-hydrogen) atoms. The molecular weight excluding hydrogens is 194 g/mol. The summed E-state index contributed by atoms with van der Waals surface area (Å²) in [7, 11) is 0. The number of aryl methyl sites for hydroxylation is 2. The first kappa shape index (κ1) is 9.98. The highest BCUT2D eigenvalue weighted by Gasteiger charge is 2.16. The van der Waals surface area contributed by atoms with E-state index >= 15 is 0 Å². The summed E-state index contributed by atoms with van der Waals surface area (Å²) in [6, 6.07) is 0. The van der Waals surface area contributed by atoms with Crippen LogP contribution in [-0.4, -0.2) is 20.6 Å². The molecule has 0 aliphatic rings. The Bertz CT molecular complexity index is 311. The molecule has 0 aliphatic carbocycles. The van der Waals surface area contributed by atoms with E-state index in [0.717, 1.165) is 6.42 Å². The zero-order chi connectivity index (χ0) is 9.84. The number of nitrogens with zero attached hydrogens (tertiary/aromatic N) is 3. The van der Waals surface area contributed by atoms with Gasteiger partial charge in [0.1, 0.15) is 0 Å². The van der Waals surface area contributed by atoms with Gasteiger partial charge in [0.05, 0.1) is 23.4 Å². The molecule has 0 fully saturated rings. The molecule has 0 bridgehead atoms. The van der Waals surface area contributed by atoms with Gasteiger partial charge in [-0.2, -0.15) is 4.68 Å². The van der Waals surface area contributed by atoms with E-state index in [1.165, 1.54) is 0 Å². The zero-order valence-corrected chi connectivity index (χ0v) is 7.99. The van der Waals surface area contributed by atoms with Crippen LogP contribution >= 0.6 is 11.6 Å². The molecule has 0 N–H and O–H groups in total. The average molecular weight is 204 g/mol. The Hall–Kier alpha value is -1.10. The lowest BCUT2D eigenvalue weighted by molar-refractivity contribution is -0.390. The molecule has 0 atom stereocenters. The molecule has 0 saturated heterocycles. The first-order chi connectivity index (χ1) is 6.15. The quantitative estimate of drug-likeness (QED) is 0.425. The Labute approximate surface area is 80.5 Å². The Morgan fingerprint density at radius 2 is 2.46 bits per heavy atom. The monoisotopic (exact) mass is 203 g/mol. The first-order valence-electron chi connectivity index (χ1n) is 3.89. The molecule has 5 nitrogen and oxygen atoms in total. The molecule has 1 aromatic heterocycles. The Morgan fingerprint density at radius 1 is 1.77 bits per heavy atom. The third-order valence-corrected chi connectivity index (χ3v) is 1.88. The lowest BCUT2D eigenvalue weighted by Crippen LogP contribution is -2.00. The fourth-order valence-electron chi connectivity index (χ4n) is 1.03. The maximum absolute atomic E-state index is 10.4. The maximum atomic E-state index is 10.4. The highest BCUT2D eigenvalue weighted by molar-refractivity contribution is 6.17. The number of rotatable bonds is 4. The summed E-state index contributed by atoms with van der Waals surface area (Å²) >= 11 is 5.49. The Kier molecular flexibility index (Phi) is 3.25. The minimum Gasteiger partial charge on any atom is -0.358 e. The molecule has 0 aliphatic heterocycles. The number of aromatic nitrogens is 2. The SMILES string of the molecule is Cc1cn(CCCCl)nc1[N+](=O)[O-]. The zero-order valence-electron chi connectivity index (χ0n) is 7.23. The van der Waals surface area contributed by atoms with Gasteiger partial charge in [-0.1, -0.05) is 0 Å². The summed E-state index contributed by atoms with van der Waals surface area (Å²) in [5, 5.41) is 14.2. The minimum absolute atomic E-state index is 0.0745. The molecule has 0 saturated carbocycles. The van der Waals surface area contributed by atoms with Crippen molar-refractivity contribution in [3.05, 3.63) is 21.9 Å². The number of halogens is 1. The molecule has 1 heterocycles. The predicted molar refractivity (Wildman–Crippen MR) is 49.0 cm³/mol. The topological polar surface area (TPSA) is 61.0 Å². The normalized spacial score (nSPS) is 10.3. The van der Waals surface area contributed by atoms with Crippen LogP contribution in [-0.2, 0) is 6.54 Å². The lowest BCUT2D eigenvalue weighted by Gasteiger charge is -1.90. The molecule has 1 rings (SSSR count). The van der Waals surface area contributed by atoms with Gasteiger partial charge in [0.2, 0.25) is 0 Å². The van der Waals surface area contributed by atoms with Crippen LogP contribution in [0, 0.1) is 17.0 Å². The fraction of sp³-hybridized carbons (Fsp3) is 0.571. The van der Waals surface area contributed by atoms with Gasteiger partial charge >= 0.3 is 5.82 Å². The van der Waals surface area contributed by atoms with Crippen LogP contribution in [0.25, 0.3) is 0 Å². The van der Waals surface area contributed by atoms with Gasteiger partial charge in [0, 0.05) is 5.88 Å². The van der Waals surface area contributed by atoms with Crippen molar-refractivity contribution in [1.29, 1.82) is 0 Å². The predicted octanol–water partition coefficient (Wildman–Crippen LogP) is 1.73. The van der Waals surface area contributed by atoms with Gasteiger partial charge in [-0.3, -0.25) is 0 Å². The van der Waals surface area contributed by atoms with Crippen LogP contribution in [0.4, 0.5) is 5.82 Å². The second-order valence-corrected chi connectivity index (χ2v) is 3.08. The van der Waals surface area contributed by atoms with Gasteiger partial charge in [-0.05, 0) is 18.3 Å². The third kappa shape index (κ3) is 2.42. The van der Waals surface area contributed by atoms with Gasteiger partial charge in [-0.25, -0.2) is 0 Å². The number of alkyl halides is 1. The van der Waals surface area contributed by atoms with Gasteiger partial charge < -0.3 is 10.1 Å². The maximum Gasteiger partial charge on any atom is 0.392 e. The van der Waals surface area contributed by atoms with E-state index in [1.807, 2.05) is 0 Å². The minimum atomic E-state index is -0.480. The van der Waals surface area contributed by atoms with Crippen molar-refractivity contribution in [1.82, 2.24) is 9.78 Å².